The van der Waals surface area contributed by atoms with E-state index >= 15 is 0 Å². The zero-order valence-electron chi connectivity index (χ0n) is 8.40. The SMILES string of the molecule is COc1c(OCCO)ccc2occc12. The Morgan fingerprint density at radius 1 is 1.33 bits per heavy atom. The monoisotopic (exact) mass is 208 g/mol. The van der Waals surface area contributed by atoms with E-state index in [1.807, 2.05) is 12.1 Å². The highest BCUT2D eigenvalue weighted by Crippen LogP contribution is 2.35. The molecule has 0 aliphatic heterocycles. The molecular formula is C11H12O4. The molecule has 0 saturated carbocycles. The molecule has 4 nitrogen and oxygen atoms in total. The minimum absolute atomic E-state index is 0.0213. The van der Waals surface area contributed by atoms with Crippen LogP contribution in [-0.4, -0.2) is 25.4 Å². The molecule has 15 heavy (non-hydrogen) atoms. The second-order valence-corrected chi connectivity index (χ2v) is 3.00. The number of benzene rings is 1. The average molecular weight is 208 g/mol. The van der Waals surface area contributed by atoms with Gasteiger partial charge in [0.25, 0.3) is 0 Å². The van der Waals surface area contributed by atoms with Crippen LogP contribution < -0.4 is 9.47 Å². The largest absolute Gasteiger partial charge is 0.492 e. The fraction of sp³-hybridized carbons (Fsp3) is 0.273. The van der Waals surface area contributed by atoms with Gasteiger partial charge in [-0.2, -0.15) is 0 Å². The lowest BCUT2D eigenvalue weighted by molar-refractivity contribution is 0.197. The van der Waals surface area contributed by atoms with E-state index in [1.165, 1.54) is 0 Å². The van der Waals surface area contributed by atoms with E-state index in [0.29, 0.717) is 11.5 Å². The fourth-order valence-electron chi connectivity index (χ4n) is 1.48. The summed E-state index contributed by atoms with van der Waals surface area (Å²) < 4.78 is 15.8. The zero-order valence-corrected chi connectivity index (χ0v) is 8.40. The molecular weight excluding hydrogens is 196 g/mol. The molecule has 80 valence electrons. The molecule has 0 amide bonds. The lowest BCUT2D eigenvalue weighted by Gasteiger charge is -2.09. The Morgan fingerprint density at radius 3 is 2.93 bits per heavy atom. The Balaban J connectivity index is 2.44. The minimum atomic E-state index is -0.0213. The maximum atomic E-state index is 8.68. The van der Waals surface area contributed by atoms with Gasteiger partial charge >= 0.3 is 0 Å². The summed E-state index contributed by atoms with van der Waals surface area (Å²) in [5, 5.41) is 9.55. The molecule has 0 radical (unpaired) electrons. The normalized spacial score (nSPS) is 10.5. The molecule has 1 aromatic carbocycles. The standard InChI is InChI=1S/C11H12O4/c1-13-11-8-4-6-14-9(8)2-3-10(11)15-7-5-12/h2-4,6,12H,5,7H2,1H3. The smallest absolute Gasteiger partial charge is 0.171 e. The third-order valence-corrected chi connectivity index (χ3v) is 2.10. The van der Waals surface area contributed by atoms with Crippen molar-refractivity contribution >= 4 is 11.0 Å². The van der Waals surface area contributed by atoms with E-state index in [2.05, 4.69) is 0 Å². The van der Waals surface area contributed by atoms with Crippen LogP contribution in [0, 0.1) is 0 Å². The molecule has 0 aliphatic rings. The number of methoxy groups -OCH3 is 1. The molecule has 0 bridgehead atoms. The van der Waals surface area contributed by atoms with Crippen molar-refractivity contribution in [1.29, 1.82) is 0 Å². The van der Waals surface area contributed by atoms with Crippen molar-refractivity contribution < 1.29 is 19.0 Å². The Bertz CT molecular complexity index is 447. The fourth-order valence-corrected chi connectivity index (χ4v) is 1.48. The van der Waals surface area contributed by atoms with Gasteiger partial charge in [-0.1, -0.05) is 0 Å². The van der Waals surface area contributed by atoms with Crippen LogP contribution in [0.1, 0.15) is 0 Å². The van der Waals surface area contributed by atoms with Crippen molar-refractivity contribution in [2.45, 2.75) is 0 Å². The molecule has 2 aromatic rings. The maximum absolute atomic E-state index is 8.68. The topological polar surface area (TPSA) is 51.8 Å². The number of aliphatic hydroxyl groups is 1. The van der Waals surface area contributed by atoms with Crippen molar-refractivity contribution in [2.24, 2.45) is 0 Å². The average Bonchev–Trinajstić information content (AvgIpc) is 2.73. The summed E-state index contributed by atoms with van der Waals surface area (Å²) in [7, 11) is 1.58. The van der Waals surface area contributed by atoms with Gasteiger partial charge in [0.05, 0.1) is 25.4 Å². The number of fused-ring (bicyclic) bond motifs is 1. The summed E-state index contributed by atoms with van der Waals surface area (Å²) in [6.07, 6.45) is 1.60. The van der Waals surface area contributed by atoms with Gasteiger partial charge in [-0.15, -0.1) is 0 Å². The van der Waals surface area contributed by atoms with Gasteiger partial charge in [0.1, 0.15) is 12.2 Å². The zero-order chi connectivity index (χ0) is 10.7. The summed E-state index contributed by atoms with van der Waals surface area (Å²) in [5.41, 5.74) is 0.753. The second-order valence-electron chi connectivity index (χ2n) is 3.00. The third kappa shape index (κ3) is 1.76. The molecule has 0 unspecified atom stereocenters. The van der Waals surface area contributed by atoms with Gasteiger partial charge in [-0.05, 0) is 18.2 Å². The third-order valence-electron chi connectivity index (χ3n) is 2.10. The molecule has 1 N–H and O–H groups in total. The molecule has 0 fully saturated rings. The predicted molar refractivity (Wildman–Crippen MR) is 55.3 cm³/mol. The highest BCUT2D eigenvalue weighted by atomic mass is 16.5. The van der Waals surface area contributed by atoms with Gasteiger partial charge in [0.15, 0.2) is 11.5 Å². The van der Waals surface area contributed by atoms with Crippen molar-refractivity contribution in [3.05, 3.63) is 24.5 Å². The van der Waals surface area contributed by atoms with E-state index in [0.717, 1.165) is 11.0 Å². The summed E-state index contributed by atoms with van der Waals surface area (Å²) in [4.78, 5) is 0. The van der Waals surface area contributed by atoms with E-state index in [-0.39, 0.29) is 13.2 Å². The first-order valence-corrected chi connectivity index (χ1v) is 4.64. The Labute approximate surface area is 87.0 Å². The molecule has 0 atom stereocenters. The number of hydrogen-bond acceptors (Lipinski definition) is 4. The molecule has 0 saturated heterocycles. The lowest BCUT2D eigenvalue weighted by atomic mass is 10.2. The first-order valence-electron chi connectivity index (χ1n) is 4.64. The van der Waals surface area contributed by atoms with Crippen LogP contribution >= 0.6 is 0 Å². The number of aliphatic hydroxyl groups excluding tert-OH is 1. The van der Waals surface area contributed by atoms with Crippen LogP contribution in [0.15, 0.2) is 28.9 Å². The van der Waals surface area contributed by atoms with Crippen LogP contribution in [0.25, 0.3) is 11.0 Å². The molecule has 0 spiro atoms. The van der Waals surface area contributed by atoms with Crippen molar-refractivity contribution in [3.63, 3.8) is 0 Å². The Morgan fingerprint density at radius 2 is 2.20 bits per heavy atom. The summed E-state index contributed by atoms with van der Waals surface area (Å²) >= 11 is 0. The van der Waals surface area contributed by atoms with Gasteiger partial charge in [-0.25, -0.2) is 0 Å². The number of furan rings is 1. The quantitative estimate of drug-likeness (QED) is 0.832. The Kier molecular flexibility index (Phi) is 2.78. The van der Waals surface area contributed by atoms with Crippen molar-refractivity contribution in [2.75, 3.05) is 20.3 Å². The molecule has 0 aliphatic carbocycles. The highest BCUT2D eigenvalue weighted by molar-refractivity contribution is 5.86. The molecule has 4 heteroatoms. The highest BCUT2D eigenvalue weighted by Gasteiger charge is 2.10. The van der Waals surface area contributed by atoms with E-state index in [4.69, 9.17) is 19.0 Å². The molecule has 1 heterocycles. The summed E-state index contributed by atoms with van der Waals surface area (Å²) in [5.74, 6) is 1.25. The Hall–Kier alpha value is -1.68. The number of rotatable bonds is 4. The van der Waals surface area contributed by atoms with Gasteiger partial charge in [0, 0.05) is 0 Å². The van der Waals surface area contributed by atoms with E-state index in [9.17, 15) is 0 Å². The summed E-state index contributed by atoms with van der Waals surface area (Å²) in [6, 6.07) is 5.39. The van der Waals surface area contributed by atoms with Crippen LogP contribution in [-0.2, 0) is 0 Å². The summed E-state index contributed by atoms with van der Waals surface area (Å²) in [6.45, 7) is 0.228. The van der Waals surface area contributed by atoms with Gasteiger partial charge in [-0.3, -0.25) is 0 Å². The van der Waals surface area contributed by atoms with Crippen LogP contribution in [0.5, 0.6) is 11.5 Å². The van der Waals surface area contributed by atoms with Crippen molar-refractivity contribution in [1.82, 2.24) is 0 Å². The first-order chi connectivity index (χ1) is 7.36. The minimum Gasteiger partial charge on any atom is -0.492 e. The van der Waals surface area contributed by atoms with Crippen molar-refractivity contribution in [3.8, 4) is 11.5 Å². The molecule has 2 rings (SSSR count). The molecule has 1 aromatic heterocycles. The first kappa shape index (κ1) is 9.86. The van der Waals surface area contributed by atoms with Gasteiger partial charge in [0.2, 0.25) is 0 Å². The van der Waals surface area contributed by atoms with E-state index < -0.39 is 0 Å². The lowest BCUT2D eigenvalue weighted by Crippen LogP contribution is -2.02. The van der Waals surface area contributed by atoms with Gasteiger partial charge < -0.3 is 19.0 Å². The van der Waals surface area contributed by atoms with Crippen LogP contribution in [0.3, 0.4) is 0 Å². The number of ether oxygens (including phenoxy) is 2. The van der Waals surface area contributed by atoms with Crippen LogP contribution in [0.4, 0.5) is 0 Å². The second kappa shape index (κ2) is 4.23. The number of hydrogen-bond donors (Lipinski definition) is 1. The maximum Gasteiger partial charge on any atom is 0.171 e. The van der Waals surface area contributed by atoms with Crippen LogP contribution in [0.2, 0.25) is 0 Å². The predicted octanol–water partition coefficient (Wildman–Crippen LogP) is 1.81. The van der Waals surface area contributed by atoms with E-state index in [1.54, 1.807) is 19.4 Å².